The number of carbonyl (C=O) groups is 3. The number of ether oxygens (including phenoxy) is 1. The molecule has 0 aromatic heterocycles. The summed E-state index contributed by atoms with van der Waals surface area (Å²) < 4.78 is 31.6. The highest BCUT2D eigenvalue weighted by atomic mass is 32.2. The molecule has 0 unspecified atom stereocenters. The van der Waals surface area contributed by atoms with Crippen molar-refractivity contribution in [2.75, 3.05) is 20.2 Å². The molecule has 1 aliphatic rings. The van der Waals surface area contributed by atoms with Crippen molar-refractivity contribution in [3.8, 4) is 5.75 Å². The molecule has 1 saturated heterocycles. The van der Waals surface area contributed by atoms with Crippen LogP contribution in [0.1, 0.15) is 15.9 Å². The van der Waals surface area contributed by atoms with Gasteiger partial charge in [0.1, 0.15) is 17.4 Å². The van der Waals surface area contributed by atoms with Gasteiger partial charge in [-0.25, -0.2) is 8.78 Å². The molecular formula is C20H16F2N2O4S. The summed E-state index contributed by atoms with van der Waals surface area (Å²) in [5.41, 5.74) is 0.413. The number of nitrogens with zero attached hydrogens (tertiary/aromatic N) is 1. The smallest absolute Gasteiger partial charge is 0.293 e. The van der Waals surface area contributed by atoms with Crippen LogP contribution in [0.3, 0.4) is 0 Å². The molecule has 1 heterocycles. The largest absolute Gasteiger partial charge is 0.497 e. The van der Waals surface area contributed by atoms with E-state index in [1.54, 1.807) is 37.5 Å². The Balaban J connectivity index is 1.60. The lowest BCUT2D eigenvalue weighted by molar-refractivity contribution is -0.122. The van der Waals surface area contributed by atoms with Crippen molar-refractivity contribution < 1.29 is 27.9 Å². The number of carbonyl (C=O) groups excluding carboxylic acids is 3. The summed E-state index contributed by atoms with van der Waals surface area (Å²) in [6.07, 6.45) is 1.59. The van der Waals surface area contributed by atoms with Gasteiger partial charge in [0.05, 0.1) is 17.6 Å². The first-order valence-corrected chi connectivity index (χ1v) is 9.33. The summed E-state index contributed by atoms with van der Waals surface area (Å²) in [6.45, 7) is -0.136. The summed E-state index contributed by atoms with van der Waals surface area (Å²) in [4.78, 5) is 37.8. The van der Waals surface area contributed by atoms with E-state index in [0.29, 0.717) is 11.8 Å². The zero-order valence-electron chi connectivity index (χ0n) is 15.3. The number of thioether (sulfide) groups is 1. The molecule has 1 fully saturated rings. The predicted molar refractivity (Wildman–Crippen MR) is 104 cm³/mol. The average molecular weight is 418 g/mol. The SMILES string of the molecule is COc1ccc(/C=C2\SC(=O)N(CCNC(=O)c3ccc(F)cc3F)C2=O)cc1. The van der Waals surface area contributed by atoms with Crippen molar-refractivity contribution in [1.29, 1.82) is 0 Å². The molecule has 2 aromatic carbocycles. The van der Waals surface area contributed by atoms with Gasteiger partial charge in [-0.3, -0.25) is 19.3 Å². The van der Waals surface area contributed by atoms with Crippen molar-refractivity contribution >= 4 is 34.9 Å². The van der Waals surface area contributed by atoms with Crippen LogP contribution in [0.4, 0.5) is 13.6 Å². The van der Waals surface area contributed by atoms with Crippen molar-refractivity contribution in [1.82, 2.24) is 10.2 Å². The van der Waals surface area contributed by atoms with E-state index < -0.39 is 28.7 Å². The molecule has 1 aliphatic heterocycles. The second-order valence-corrected chi connectivity index (χ2v) is 6.98. The van der Waals surface area contributed by atoms with E-state index in [1.165, 1.54) is 0 Å². The van der Waals surface area contributed by atoms with E-state index >= 15 is 0 Å². The van der Waals surface area contributed by atoms with Gasteiger partial charge in [0, 0.05) is 19.2 Å². The van der Waals surface area contributed by atoms with Crippen LogP contribution < -0.4 is 10.1 Å². The summed E-state index contributed by atoms with van der Waals surface area (Å²) >= 11 is 0.799. The van der Waals surface area contributed by atoms with Gasteiger partial charge in [-0.2, -0.15) is 0 Å². The molecule has 29 heavy (non-hydrogen) atoms. The van der Waals surface area contributed by atoms with E-state index in [0.717, 1.165) is 34.4 Å². The van der Waals surface area contributed by atoms with Crippen molar-refractivity contribution in [2.45, 2.75) is 0 Å². The first kappa shape index (κ1) is 20.5. The van der Waals surface area contributed by atoms with Crippen molar-refractivity contribution in [3.63, 3.8) is 0 Å². The minimum atomic E-state index is -0.990. The quantitative estimate of drug-likeness (QED) is 0.728. The fraction of sp³-hybridized carbons (Fsp3) is 0.150. The highest BCUT2D eigenvalue weighted by Crippen LogP contribution is 2.32. The van der Waals surface area contributed by atoms with Crippen molar-refractivity contribution in [2.24, 2.45) is 0 Å². The zero-order chi connectivity index (χ0) is 21.0. The van der Waals surface area contributed by atoms with Gasteiger partial charge in [-0.05, 0) is 47.7 Å². The van der Waals surface area contributed by atoms with Gasteiger partial charge < -0.3 is 10.1 Å². The van der Waals surface area contributed by atoms with Gasteiger partial charge in [0.15, 0.2) is 0 Å². The number of halogens is 2. The number of rotatable bonds is 6. The Morgan fingerprint density at radius 3 is 2.55 bits per heavy atom. The predicted octanol–water partition coefficient (Wildman–Crippen LogP) is 3.44. The lowest BCUT2D eigenvalue weighted by Crippen LogP contribution is -2.37. The molecule has 150 valence electrons. The zero-order valence-corrected chi connectivity index (χ0v) is 16.1. The minimum absolute atomic E-state index is 0.0660. The molecule has 0 spiro atoms. The van der Waals surface area contributed by atoms with E-state index in [2.05, 4.69) is 5.32 Å². The second-order valence-electron chi connectivity index (χ2n) is 5.99. The van der Waals surface area contributed by atoms with Gasteiger partial charge in [-0.15, -0.1) is 0 Å². The van der Waals surface area contributed by atoms with Crippen LogP contribution in [0.25, 0.3) is 6.08 Å². The number of imide groups is 1. The molecule has 9 heteroatoms. The molecule has 0 atom stereocenters. The number of hydrogen-bond acceptors (Lipinski definition) is 5. The van der Waals surface area contributed by atoms with Gasteiger partial charge in [0.25, 0.3) is 17.1 Å². The molecule has 6 nitrogen and oxygen atoms in total. The lowest BCUT2D eigenvalue weighted by Gasteiger charge is -2.13. The molecule has 1 N–H and O–H groups in total. The number of methoxy groups -OCH3 is 1. The summed E-state index contributed by atoms with van der Waals surface area (Å²) in [5, 5.41) is 1.95. The monoisotopic (exact) mass is 418 g/mol. The Bertz CT molecular complexity index is 992. The second kappa shape index (κ2) is 8.87. The van der Waals surface area contributed by atoms with Crippen LogP contribution in [0.15, 0.2) is 47.4 Å². The Morgan fingerprint density at radius 2 is 1.90 bits per heavy atom. The molecule has 0 saturated carbocycles. The van der Waals surface area contributed by atoms with Crippen LogP contribution in [0.2, 0.25) is 0 Å². The number of hydrogen-bond donors (Lipinski definition) is 1. The van der Waals surface area contributed by atoms with Crippen LogP contribution in [0.5, 0.6) is 5.75 Å². The van der Waals surface area contributed by atoms with Crippen LogP contribution in [-0.4, -0.2) is 42.2 Å². The van der Waals surface area contributed by atoms with Crippen molar-refractivity contribution in [3.05, 3.63) is 70.1 Å². The number of amides is 3. The van der Waals surface area contributed by atoms with Gasteiger partial charge in [-0.1, -0.05) is 12.1 Å². The maximum Gasteiger partial charge on any atom is 0.293 e. The van der Waals surface area contributed by atoms with Crippen LogP contribution in [0, 0.1) is 11.6 Å². The van der Waals surface area contributed by atoms with Crippen LogP contribution in [-0.2, 0) is 4.79 Å². The Morgan fingerprint density at radius 1 is 1.17 bits per heavy atom. The van der Waals surface area contributed by atoms with E-state index in [4.69, 9.17) is 4.74 Å². The first-order valence-electron chi connectivity index (χ1n) is 8.51. The minimum Gasteiger partial charge on any atom is -0.497 e. The molecular weight excluding hydrogens is 402 g/mol. The fourth-order valence-electron chi connectivity index (χ4n) is 2.59. The van der Waals surface area contributed by atoms with E-state index in [1.807, 2.05) is 0 Å². The van der Waals surface area contributed by atoms with Gasteiger partial charge in [0.2, 0.25) is 0 Å². The van der Waals surface area contributed by atoms with Crippen LogP contribution >= 0.6 is 11.8 Å². The molecule has 0 radical (unpaired) electrons. The highest BCUT2D eigenvalue weighted by molar-refractivity contribution is 8.18. The fourth-order valence-corrected chi connectivity index (χ4v) is 3.46. The molecule has 0 aliphatic carbocycles. The Labute approximate surface area is 169 Å². The molecule has 3 rings (SSSR count). The highest BCUT2D eigenvalue weighted by Gasteiger charge is 2.34. The third-order valence-corrected chi connectivity index (χ3v) is 4.99. The topological polar surface area (TPSA) is 75.7 Å². The average Bonchev–Trinajstić information content (AvgIpc) is 2.95. The maximum atomic E-state index is 13.6. The summed E-state index contributed by atoms with van der Waals surface area (Å²) in [6, 6.07) is 9.58. The van der Waals surface area contributed by atoms with Gasteiger partial charge >= 0.3 is 0 Å². The number of nitrogens with one attached hydrogen (secondary N) is 1. The lowest BCUT2D eigenvalue weighted by atomic mass is 10.2. The Kier molecular flexibility index (Phi) is 6.28. The maximum absolute atomic E-state index is 13.6. The summed E-state index contributed by atoms with van der Waals surface area (Å²) in [5.74, 6) is -2.35. The van der Waals surface area contributed by atoms with E-state index in [9.17, 15) is 23.2 Å². The normalized spacial score (nSPS) is 15.1. The molecule has 3 amide bonds. The first-order chi connectivity index (χ1) is 13.9. The van der Waals surface area contributed by atoms with E-state index in [-0.39, 0.29) is 23.6 Å². The summed E-state index contributed by atoms with van der Waals surface area (Å²) in [7, 11) is 1.55. The molecule has 0 bridgehead atoms. The number of benzene rings is 2. The molecule has 2 aromatic rings. The third-order valence-electron chi connectivity index (χ3n) is 4.08. The standard InChI is InChI=1S/C20H16F2N2O4S/c1-28-14-5-2-12(3-6-14)10-17-19(26)24(20(27)29-17)9-8-23-18(25)15-7-4-13(21)11-16(15)22/h2-7,10-11H,8-9H2,1H3,(H,23,25)/b17-10-. The Hall–Kier alpha value is -3.20. The third kappa shape index (κ3) is 4.80.